The van der Waals surface area contributed by atoms with Crippen LogP contribution in [-0.4, -0.2) is 32.2 Å². The zero-order chi connectivity index (χ0) is 16.8. The van der Waals surface area contributed by atoms with E-state index >= 15 is 0 Å². The van der Waals surface area contributed by atoms with Crippen LogP contribution >= 0.6 is 0 Å². The second-order valence-corrected chi connectivity index (χ2v) is 6.59. The molecule has 2 aromatic carbocycles. The summed E-state index contributed by atoms with van der Waals surface area (Å²) < 4.78 is 10.8. The second kappa shape index (κ2) is 8.20. The van der Waals surface area contributed by atoms with E-state index in [2.05, 4.69) is 41.3 Å². The van der Waals surface area contributed by atoms with Gasteiger partial charge in [0.25, 0.3) is 0 Å². The van der Waals surface area contributed by atoms with Gasteiger partial charge in [-0.1, -0.05) is 36.4 Å². The van der Waals surface area contributed by atoms with Gasteiger partial charge in [-0.05, 0) is 49.9 Å². The zero-order valence-corrected chi connectivity index (χ0v) is 14.7. The van der Waals surface area contributed by atoms with Gasteiger partial charge in [0.1, 0.15) is 11.5 Å². The maximum atomic E-state index is 5.52. The summed E-state index contributed by atoms with van der Waals surface area (Å²) in [7, 11) is 3.41. The zero-order valence-electron chi connectivity index (χ0n) is 14.7. The number of piperidine rings is 1. The number of likely N-dealkylation sites (tertiary alicyclic amines) is 1. The molecule has 1 saturated heterocycles. The van der Waals surface area contributed by atoms with Crippen LogP contribution in [0.4, 0.5) is 0 Å². The Morgan fingerprint density at radius 1 is 0.958 bits per heavy atom. The minimum atomic E-state index is 0.807. The number of methoxy groups -OCH3 is 2. The fourth-order valence-electron chi connectivity index (χ4n) is 3.52. The SMILES string of the molecule is COc1ccc(CN2CCC(Cc3ccccc3)CC2)c(OC)c1. The van der Waals surface area contributed by atoms with Crippen molar-refractivity contribution < 1.29 is 9.47 Å². The molecule has 1 heterocycles. The number of nitrogens with zero attached hydrogens (tertiary/aromatic N) is 1. The van der Waals surface area contributed by atoms with E-state index < -0.39 is 0 Å². The van der Waals surface area contributed by atoms with Crippen LogP contribution in [-0.2, 0) is 13.0 Å². The van der Waals surface area contributed by atoms with Crippen LogP contribution in [0, 0.1) is 5.92 Å². The number of hydrogen-bond acceptors (Lipinski definition) is 3. The summed E-state index contributed by atoms with van der Waals surface area (Å²) in [6.45, 7) is 3.27. The molecule has 0 aromatic heterocycles. The summed E-state index contributed by atoms with van der Waals surface area (Å²) in [5.41, 5.74) is 2.70. The number of hydrogen-bond donors (Lipinski definition) is 0. The Bertz CT molecular complexity index is 634. The molecule has 0 N–H and O–H groups in total. The van der Waals surface area contributed by atoms with Crippen LogP contribution < -0.4 is 9.47 Å². The fraction of sp³-hybridized carbons (Fsp3) is 0.429. The van der Waals surface area contributed by atoms with Crippen molar-refractivity contribution >= 4 is 0 Å². The predicted octanol–water partition coefficient (Wildman–Crippen LogP) is 4.16. The second-order valence-electron chi connectivity index (χ2n) is 6.59. The van der Waals surface area contributed by atoms with E-state index in [0.717, 1.165) is 37.1 Å². The molecular formula is C21H27NO2. The lowest BCUT2D eigenvalue weighted by Crippen LogP contribution is -2.34. The van der Waals surface area contributed by atoms with Gasteiger partial charge in [0.05, 0.1) is 14.2 Å². The molecule has 0 amide bonds. The third-order valence-electron chi connectivity index (χ3n) is 4.96. The summed E-state index contributed by atoms with van der Waals surface area (Å²) in [5.74, 6) is 2.57. The Morgan fingerprint density at radius 2 is 1.71 bits per heavy atom. The molecule has 2 aromatic rings. The molecule has 3 rings (SSSR count). The van der Waals surface area contributed by atoms with Crippen molar-refractivity contribution in [2.45, 2.75) is 25.8 Å². The quantitative estimate of drug-likeness (QED) is 0.796. The van der Waals surface area contributed by atoms with E-state index in [9.17, 15) is 0 Å². The lowest BCUT2D eigenvalue weighted by Gasteiger charge is -2.32. The van der Waals surface area contributed by atoms with Crippen molar-refractivity contribution in [3.05, 3.63) is 59.7 Å². The van der Waals surface area contributed by atoms with E-state index in [1.165, 1.54) is 30.4 Å². The van der Waals surface area contributed by atoms with Crippen molar-refractivity contribution in [1.82, 2.24) is 4.90 Å². The summed E-state index contributed by atoms with van der Waals surface area (Å²) in [6.07, 6.45) is 3.75. The van der Waals surface area contributed by atoms with E-state index in [1.807, 2.05) is 12.1 Å². The Balaban J connectivity index is 1.54. The first-order valence-electron chi connectivity index (χ1n) is 8.75. The lowest BCUT2D eigenvalue weighted by molar-refractivity contribution is 0.175. The summed E-state index contributed by atoms with van der Waals surface area (Å²) in [6, 6.07) is 17.0. The molecular weight excluding hydrogens is 298 g/mol. The molecule has 1 fully saturated rings. The Hall–Kier alpha value is -2.00. The Kier molecular flexibility index (Phi) is 5.76. The molecule has 128 valence electrons. The van der Waals surface area contributed by atoms with Gasteiger partial charge in [-0.2, -0.15) is 0 Å². The summed E-state index contributed by atoms with van der Waals surface area (Å²) in [5, 5.41) is 0. The summed E-state index contributed by atoms with van der Waals surface area (Å²) in [4.78, 5) is 2.53. The molecule has 0 spiro atoms. The van der Waals surface area contributed by atoms with Gasteiger partial charge in [0, 0.05) is 18.2 Å². The highest BCUT2D eigenvalue weighted by molar-refractivity contribution is 5.40. The van der Waals surface area contributed by atoms with E-state index in [4.69, 9.17) is 9.47 Å². The molecule has 24 heavy (non-hydrogen) atoms. The van der Waals surface area contributed by atoms with Crippen molar-refractivity contribution in [3.63, 3.8) is 0 Å². The fourth-order valence-corrected chi connectivity index (χ4v) is 3.52. The van der Waals surface area contributed by atoms with Crippen molar-refractivity contribution in [2.24, 2.45) is 5.92 Å². The third-order valence-corrected chi connectivity index (χ3v) is 4.96. The highest BCUT2D eigenvalue weighted by atomic mass is 16.5. The monoisotopic (exact) mass is 325 g/mol. The van der Waals surface area contributed by atoms with E-state index in [1.54, 1.807) is 14.2 Å². The third kappa shape index (κ3) is 4.30. The van der Waals surface area contributed by atoms with Crippen molar-refractivity contribution in [1.29, 1.82) is 0 Å². The molecule has 1 aliphatic rings. The van der Waals surface area contributed by atoms with Crippen molar-refractivity contribution in [3.8, 4) is 11.5 Å². The number of rotatable bonds is 6. The standard InChI is InChI=1S/C21H27NO2/c1-23-20-9-8-19(21(15-20)24-2)16-22-12-10-18(11-13-22)14-17-6-4-3-5-7-17/h3-9,15,18H,10-14,16H2,1-2H3. The van der Waals surface area contributed by atoms with Gasteiger partial charge in [-0.25, -0.2) is 0 Å². The van der Waals surface area contributed by atoms with Crippen LogP contribution in [0.25, 0.3) is 0 Å². The average molecular weight is 325 g/mol. The van der Waals surface area contributed by atoms with Crippen LogP contribution in [0.1, 0.15) is 24.0 Å². The van der Waals surface area contributed by atoms with Crippen molar-refractivity contribution in [2.75, 3.05) is 27.3 Å². The molecule has 0 aliphatic carbocycles. The van der Waals surface area contributed by atoms with Crippen LogP contribution in [0.15, 0.2) is 48.5 Å². The normalized spacial score (nSPS) is 16.1. The van der Waals surface area contributed by atoms with Gasteiger partial charge < -0.3 is 9.47 Å². The molecule has 3 heteroatoms. The topological polar surface area (TPSA) is 21.7 Å². The smallest absolute Gasteiger partial charge is 0.127 e. The highest BCUT2D eigenvalue weighted by Gasteiger charge is 2.20. The minimum absolute atomic E-state index is 0.807. The molecule has 3 nitrogen and oxygen atoms in total. The predicted molar refractivity (Wildman–Crippen MR) is 97.7 cm³/mol. The van der Waals surface area contributed by atoms with Gasteiger partial charge in [0.15, 0.2) is 0 Å². The van der Waals surface area contributed by atoms with Gasteiger partial charge in [-0.3, -0.25) is 4.90 Å². The highest BCUT2D eigenvalue weighted by Crippen LogP contribution is 2.28. The van der Waals surface area contributed by atoms with Crippen LogP contribution in [0.3, 0.4) is 0 Å². The maximum absolute atomic E-state index is 5.52. The lowest BCUT2D eigenvalue weighted by atomic mass is 9.90. The van der Waals surface area contributed by atoms with Crippen LogP contribution in [0.5, 0.6) is 11.5 Å². The Labute approximate surface area is 145 Å². The Morgan fingerprint density at radius 3 is 2.38 bits per heavy atom. The molecule has 0 saturated carbocycles. The largest absolute Gasteiger partial charge is 0.497 e. The molecule has 0 radical (unpaired) electrons. The molecule has 0 unspecified atom stereocenters. The summed E-state index contributed by atoms with van der Waals surface area (Å²) >= 11 is 0. The van der Waals surface area contributed by atoms with Gasteiger partial charge in [0.2, 0.25) is 0 Å². The molecule has 1 aliphatic heterocycles. The first kappa shape index (κ1) is 16.8. The van der Waals surface area contributed by atoms with E-state index in [0.29, 0.717) is 0 Å². The van der Waals surface area contributed by atoms with Gasteiger partial charge in [-0.15, -0.1) is 0 Å². The first-order valence-corrected chi connectivity index (χ1v) is 8.75. The number of ether oxygens (including phenoxy) is 2. The van der Waals surface area contributed by atoms with Crippen LogP contribution in [0.2, 0.25) is 0 Å². The van der Waals surface area contributed by atoms with E-state index in [-0.39, 0.29) is 0 Å². The molecule has 0 bridgehead atoms. The average Bonchev–Trinajstić information content (AvgIpc) is 2.64. The number of benzene rings is 2. The minimum Gasteiger partial charge on any atom is -0.497 e. The first-order chi connectivity index (χ1) is 11.8. The van der Waals surface area contributed by atoms with Gasteiger partial charge >= 0.3 is 0 Å². The molecule has 0 atom stereocenters. The maximum Gasteiger partial charge on any atom is 0.127 e.